The van der Waals surface area contributed by atoms with Crippen molar-refractivity contribution in [2.24, 2.45) is 0 Å². The summed E-state index contributed by atoms with van der Waals surface area (Å²) in [6.07, 6.45) is 6.07. The standard InChI is InChI=1S/C15H20Cl2N.Pr/c1-2-3-7-15(8-4-9-18-11-15)12-5-6-13(16)14(17)10-12;/h5-6,10H,2-4,7-9,11H2,1H3;/q-1;. The molecular formula is C15H20Cl2NPr-. The van der Waals surface area contributed by atoms with Crippen LogP contribution in [-0.2, 0) is 5.41 Å². The summed E-state index contributed by atoms with van der Waals surface area (Å²) in [7, 11) is 0. The van der Waals surface area contributed by atoms with Gasteiger partial charge in [-0.2, -0.15) is 0 Å². The number of hydrogen-bond donors (Lipinski definition) is 0. The first-order valence-corrected chi connectivity index (χ1v) is 7.52. The molecule has 19 heavy (non-hydrogen) atoms. The molecule has 1 unspecified atom stereocenters. The number of rotatable bonds is 4. The van der Waals surface area contributed by atoms with Crippen molar-refractivity contribution in [3.05, 3.63) is 39.1 Å². The van der Waals surface area contributed by atoms with Crippen molar-refractivity contribution in [1.82, 2.24) is 0 Å². The van der Waals surface area contributed by atoms with E-state index >= 15 is 0 Å². The first-order chi connectivity index (χ1) is 8.68. The van der Waals surface area contributed by atoms with Crippen LogP contribution in [0.25, 0.3) is 5.32 Å². The number of nitrogens with zero attached hydrogens (tertiary/aromatic N) is 1. The number of unbranched alkanes of at least 4 members (excludes halogenated alkanes) is 1. The molecular weight excluding hydrogens is 406 g/mol. The Morgan fingerprint density at radius 3 is 2.63 bits per heavy atom. The van der Waals surface area contributed by atoms with Crippen LogP contribution in [0.5, 0.6) is 0 Å². The fraction of sp³-hybridized carbons (Fsp3) is 0.600. The van der Waals surface area contributed by atoms with Gasteiger partial charge in [0.25, 0.3) is 0 Å². The zero-order valence-corrected chi connectivity index (χ0v) is 16.7. The van der Waals surface area contributed by atoms with E-state index in [4.69, 9.17) is 23.2 Å². The van der Waals surface area contributed by atoms with Gasteiger partial charge in [-0.3, -0.25) is 0 Å². The van der Waals surface area contributed by atoms with Gasteiger partial charge in [0.1, 0.15) is 0 Å². The predicted molar refractivity (Wildman–Crippen MR) is 80.0 cm³/mol. The molecule has 0 N–H and O–H groups in total. The molecule has 1 aromatic rings. The van der Waals surface area contributed by atoms with Crippen LogP contribution < -0.4 is 0 Å². The third-order valence-electron chi connectivity index (χ3n) is 3.93. The maximum Gasteiger partial charge on any atom is 0.0595 e. The van der Waals surface area contributed by atoms with Gasteiger partial charge in [0.05, 0.1) is 10.0 Å². The molecule has 0 aliphatic carbocycles. The SMILES string of the molecule is CCCCC1(c2ccc(Cl)c(Cl)c2)CCC[N-]C1.[Pr]. The Balaban J connectivity index is 0.00000180. The maximum atomic E-state index is 6.17. The van der Waals surface area contributed by atoms with E-state index in [0.29, 0.717) is 10.0 Å². The predicted octanol–water partition coefficient (Wildman–Crippen LogP) is 5.59. The maximum absolute atomic E-state index is 6.17. The Kier molecular flexibility index (Phi) is 8.17. The Morgan fingerprint density at radius 2 is 2.05 bits per heavy atom. The van der Waals surface area contributed by atoms with Crippen molar-refractivity contribution in [1.29, 1.82) is 0 Å². The second kappa shape index (κ2) is 8.54. The van der Waals surface area contributed by atoms with Crippen LogP contribution in [0.3, 0.4) is 0 Å². The number of hydrogen-bond acceptors (Lipinski definition) is 0. The van der Waals surface area contributed by atoms with Gasteiger partial charge in [-0.15, -0.1) is 13.1 Å². The molecule has 103 valence electrons. The molecule has 1 saturated heterocycles. The second-order valence-corrected chi connectivity index (χ2v) is 6.04. The summed E-state index contributed by atoms with van der Waals surface area (Å²) in [6, 6.07) is 6.09. The van der Waals surface area contributed by atoms with Crippen LogP contribution in [-0.4, -0.2) is 13.1 Å². The summed E-state index contributed by atoms with van der Waals surface area (Å²) < 4.78 is 0. The minimum absolute atomic E-state index is 0. The van der Waals surface area contributed by atoms with Gasteiger partial charge < -0.3 is 5.32 Å². The van der Waals surface area contributed by atoms with Gasteiger partial charge >= 0.3 is 0 Å². The molecule has 1 heterocycles. The molecule has 1 aromatic carbocycles. The van der Waals surface area contributed by atoms with Crippen molar-refractivity contribution in [2.75, 3.05) is 13.1 Å². The largest absolute Gasteiger partial charge is 0.662 e. The van der Waals surface area contributed by atoms with Crippen LogP contribution in [0.2, 0.25) is 10.0 Å². The summed E-state index contributed by atoms with van der Waals surface area (Å²) in [4.78, 5) is 0. The molecule has 0 saturated carbocycles. The zero-order chi connectivity index (χ0) is 13.0. The molecule has 0 spiro atoms. The molecule has 1 radical (unpaired) electrons. The van der Waals surface area contributed by atoms with Gasteiger partial charge in [-0.05, 0) is 36.0 Å². The van der Waals surface area contributed by atoms with E-state index in [2.05, 4.69) is 18.3 Å². The molecule has 1 nitrogen and oxygen atoms in total. The normalized spacial score (nSPS) is 22.9. The second-order valence-electron chi connectivity index (χ2n) is 5.22. The van der Waals surface area contributed by atoms with Crippen LogP contribution >= 0.6 is 23.2 Å². The Bertz CT molecular complexity index is 403. The summed E-state index contributed by atoms with van der Waals surface area (Å²) >= 11 is 12.2. The Morgan fingerprint density at radius 1 is 1.26 bits per heavy atom. The molecule has 4 heteroatoms. The van der Waals surface area contributed by atoms with E-state index in [0.717, 1.165) is 13.1 Å². The smallest absolute Gasteiger partial charge is 0.0595 e. The van der Waals surface area contributed by atoms with Gasteiger partial charge in [0.2, 0.25) is 0 Å². The van der Waals surface area contributed by atoms with E-state index < -0.39 is 0 Å². The minimum Gasteiger partial charge on any atom is -0.662 e. The first-order valence-electron chi connectivity index (χ1n) is 6.77. The van der Waals surface area contributed by atoms with Gasteiger partial charge in [0.15, 0.2) is 0 Å². The first kappa shape index (κ1) is 18.2. The van der Waals surface area contributed by atoms with Crippen molar-refractivity contribution < 1.29 is 41.3 Å². The van der Waals surface area contributed by atoms with Crippen LogP contribution in [0, 0.1) is 41.3 Å². The number of halogens is 2. The monoisotopic (exact) mass is 425 g/mol. The van der Waals surface area contributed by atoms with Crippen molar-refractivity contribution in [3.8, 4) is 0 Å². The third kappa shape index (κ3) is 4.55. The average molecular weight is 426 g/mol. The van der Waals surface area contributed by atoms with Gasteiger partial charge in [0, 0.05) is 41.3 Å². The van der Waals surface area contributed by atoms with E-state index in [1.54, 1.807) is 0 Å². The summed E-state index contributed by atoms with van der Waals surface area (Å²) in [6.45, 7) is 4.18. The Hall–Kier alpha value is 1.12. The fourth-order valence-corrected chi connectivity index (χ4v) is 3.12. The summed E-state index contributed by atoms with van der Waals surface area (Å²) in [5.74, 6) is 0. The van der Waals surface area contributed by atoms with E-state index in [1.165, 1.54) is 37.7 Å². The van der Waals surface area contributed by atoms with Crippen molar-refractivity contribution in [3.63, 3.8) is 0 Å². The van der Waals surface area contributed by atoms with Crippen LogP contribution in [0.15, 0.2) is 18.2 Å². The molecule has 2 rings (SSSR count). The molecule has 1 atom stereocenters. The van der Waals surface area contributed by atoms with E-state index in [9.17, 15) is 0 Å². The molecule has 0 bridgehead atoms. The average Bonchev–Trinajstić information content (AvgIpc) is 2.40. The molecule has 1 fully saturated rings. The quantitative estimate of drug-likeness (QED) is 0.597. The van der Waals surface area contributed by atoms with Crippen molar-refractivity contribution in [2.45, 2.75) is 44.4 Å². The minimum atomic E-state index is 0. The van der Waals surface area contributed by atoms with Gasteiger partial charge in [-0.25, -0.2) is 0 Å². The third-order valence-corrected chi connectivity index (χ3v) is 4.67. The molecule has 1 aliphatic heterocycles. The van der Waals surface area contributed by atoms with Crippen molar-refractivity contribution >= 4 is 23.2 Å². The van der Waals surface area contributed by atoms with Gasteiger partial charge in [-0.1, -0.05) is 55.5 Å². The molecule has 0 amide bonds. The van der Waals surface area contributed by atoms with E-state index in [1.807, 2.05) is 12.1 Å². The van der Waals surface area contributed by atoms with Crippen LogP contribution in [0.4, 0.5) is 0 Å². The topological polar surface area (TPSA) is 14.1 Å². The number of piperidine rings is 1. The van der Waals surface area contributed by atoms with E-state index in [-0.39, 0.29) is 46.7 Å². The van der Waals surface area contributed by atoms with Crippen LogP contribution in [0.1, 0.15) is 44.6 Å². The summed E-state index contributed by atoms with van der Waals surface area (Å²) in [5, 5.41) is 5.94. The molecule has 0 aromatic heterocycles. The summed E-state index contributed by atoms with van der Waals surface area (Å²) in [5.41, 5.74) is 1.51. The zero-order valence-electron chi connectivity index (χ0n) is 11.5. The molecule has 1 aliphatic rings. The number of benzene rings is 1. The Labute approximate surface area is 159 Å². The fourth-order valence-electron chi connectivity index (χ4n) is 2.83.